The minimum absolute atomic E-state index is 0.00177. The Morgan fingerprint density at radius 1 is 0.920 bits per heavy atom. The van der Waals surface area contributed by atoms with E-state index in [2.05, 4.69) is 16.0 Å². The van der Waals surface area contributed by atoms with Crippen molar-refractivity contribution in [3.8, 4) is 0 Å². The minimum atomic E-state index is -3.87. The fourth-order valence-electron chi connectivity index (χ4n) is 6.46. The Balaban J connectivity index is 1.86. The maximum Gasteiger partial charge on any atom is 0.243 e. The number of aliphatic hydroxyl groups excluding tert-OH is 1. The van der Waals surface area contributed by atoms with Gasteiger partial charge in [-0.3, -0.25) is 14.4 Å². The number of halogens is 2. The zero-order valence-corrected chi connectivity index (χ0v) is 30.5. The van der Waals surface area contributed by atoms with E-state index in [1.54, 1.807) is 4.90 Å². The lowest BCUT2D eigenvalue weighted by Gasteiger charge is -2.32. The molecule has 1 aliphatic rings. The predicted octanol–water partition coefficient (Wildman–Crippen LogP) is 3.83. The summed E-state index contributed by atoms with van der Waals surface area (Å²) in [6, 6.07) is 8.28. The third kappa shape index (κ3) is 12.7. The molecule has 0 spiro atoms. The lowest BCUT2D eigenvalue weighted by atomic mass is 9.95. The lowest BCUT2D eigenvalue weighted by molar-refractivity contribution is -0.135. The summed E-state index contributed by atoms with van der Waals surface area (Å²) in [4.78, 5) is 40.9. The van der Waals surface area contributed by atoms with E-state index in [1.807, 2.05) is 45.0 Å². The molecule has 0 radical (unpaired) electrons. The highest BCUT2D eigenvalue weighted by molar-refractivity contribution is 7.92. The first-order valence-electron chi connectivity index (χ1n) is 17.8. The number of likely N-dealkylation sites (tertiary alicyclic amines) is 1. The molecule has 13 heteroatoms. The van der Waals surface area contributed by atoms with Crippen molar-refractivity contribution in [2.45, 2.75) is 109 Å². The Labute approximate surface area is 295 Å². The average Bonchev–Trinajstić information content (AvgIpc) is 3.07. The molecular formula is C37H54F2N4O6S. The molecule has 3 amide bonds. The summed E-state index contributed by atoms with van der Waals surface area (Å²) in [5.74, 6) is -4.24. The molecule has 1 aliphatic heterocycles. The lowest BCUT2D eigenvalue weighted by Crippen LogP contribution is -2.58. The molecule has 1 saturated heterocycles. The van der Waals surface area contributed by atoms with Crippen LogP contribution in [0.1, 0.15) is 82.9 Å². The minimum Gasteiger partial charge on any atom is -0.390 e. The molecule has 2 aromatic rings. The Hall–Kier alpha value is -3.42. The van der Waals surface area contributed by atoms with Gasteiger partial charge in [-0.2, -0.15) is 0 Å². The van der Waals surface area contributed by atoms with Gasteiger partial charge in [0.1, 0.15) is 17.7 Å². The number of aryl methyl sites for hydroxylation is 1. The van der Waals surface area contributed by atoms with Crippen LogP contribution in [-0.2, 0) is 43.6 Å². The number of carbonyl (C=O) groups is 3. The molecule has 1 fully saturated rings. The zero-order valence-electron chi connectivity index (χ0n) is 29.7. The number of hydrogen-bond donors (Lipinski definition) is 4. The van der Waals surface area contributed by atoms with E-state index < -0.39 is 68.4 Å². The van der Waals surface area contributed by atoms with Crippen molar-refractivity contribution in [3.63, 3.8) is 0 Å². The first kappa shape index (κ1) is 41.0. The van der Waals surface area contributed by atoms with Gasteiger partial charge in [-0.05, 0) is 67.3 Å². The number of carbonyl (C=O) groups excluding carboxylic acids is 3. The first-order chi connectivity index (χ1) is 23.8. The standard InChI is InChI=1S/C37H54F2N4O6S/c1-5-9-32(10-6-2)50(48,49)24-34(42-36(46)29-13-15-43(16-14-29)25(4)44)37(47)41-33(20-28-18-30(38)21-31(39)19-28)35(45)23-40-22-27-12-8-11-26(7-3)17-27/h8,11-12,17-19,21,29,32-35,40,45H,5-7,9-10,13-16,20,22-24H2,1-4H3,(H,41,47)(H,42,46)/t33-,34+,35+/m0/s1. The second-order valence-corrected chi connectivity index (χ2v) is 15.7. The normalized spacial score (nSPS) is 15.8. The van der Waals surface area contributed by atoms with Crippen LogP contribution in [0.15, 0.2) is 42.5 Å². The summed E-state index contributed by atoms with van der Waals surface area (Å²) < 4.78 is 55.7. The molecule has 4 N–H and O–H groups in total. The molecule has 0 aliphatic carbocycles. The number of aliphatic hydroxyl groups is 1. The Morgan fingerprint density at radius 2 is 1.54 bits per heavy atom. The Morgan fingerprint density at radius 3 is 2.12 bits per heavy atom. The van der Waals surface area contributed by atoms with E-state index >= 15 is 0 Å². The largest absolute Gasteiger partial charge is 0.390 e. The highest BCUT2D eigenvalue weighted by Gasteiger charge is 2.36. The van der Waals surface area contributed by atoms with Crippen LogP contribution in [0.5, 0.6) is 0 Å². The van der Waals surface area contributed by atoms with Crippen molar-refractivity contribution in [1.29, 1.82) is 0 Å². The third-order valence-corrected chi connectivity index (χ3v) is 11.6. The molecule has 278 valence electrons. The SMILES string of the molecule is CCCC(CCC)S(=O)(=O)C[C@@H](NC(=O)C1CCN(C(C)=O)CC1)C(=O)N[C@@H](Cc1cc(F)cc(F)c1)[C@H](O)CNCc1cccc(CC)c1. The van der Waals surface area contributed by atoms with Crippen LogP contribution in [0.2, 0.25) is 0 Å². The quantitative estimate of drug-likeness (QED) is 0.173. The van der Waals surface area contributed by atoms with E-state index in [4.69, 9.17) is 0 Å². The van der Waals surface area contributed by atoms with Gasteiger partial charge in [-0.1, -0.05) is 57.9 Å². The van der Waals surface area contributed by atoms with Crippen molar-refractivity contribution in [1.82, 2.24) is 20.9 Å². The van der Waals surface area contributed by atoms with Crippen LogP contribution < -0.4 is 16.0 Å². The summed E-state index contributed by atoms with van der Waals surface area (Å²) in [5.41, 5.74) is 2.31. The molecule has 1 heterocycles. The number of hydrogen-bond acceptors (Lipinski definition) is 7. The topological polar surface area (TPSA) is 145 Å². The number of nitrogens with zero attached hydrogens (tertiary/aromatic N) is 1. The van der Waals surface area contributed by atoms with E-state index in [0.717, 1.165) is 35.7 Å². The van der Waals surface area contributed by atoms with Crippen LogP contribution in [-0.4, -0.2) is 85.0 Å². The van der Waals surface area contributed by atoms with Gasteiger partial charge in [0, 0.05) is 45.1 Å². The smallest absolute Gasteiger partial charge is 0.243 e. The number of piperidine rings is 1. The fourth-order valence-corrected chi connectivity index (χ4v) is 8.62. The molecule has 10 nitrogen and oxygen atoms in total. The average molecular weight is 721 g/mol. The molecule has 0 saturated carbocycles. The van der Waals surface area contributed by atoms with Gasteiger partial charge < -0.3 is 26.0 Å². The molecule has 3 atom stereocenters. The predicted molar refractivity (Wildman–Crippen MR) is 190 cm³/mol. The van der Waals surface area contributed by atoms with Crippen molar-refractivity contribution in [2.24, 2.45) is 5.92 Å². The summed E-state index contributed by atoms with van der Waals surface area (Å²) in [6.45, 7) is 8.41. The maximum absolute atomic E-state index is 14.2. The second-order valence-electron chi connectivity index (χ2n) is 13.3. The van der Waals surface area contributed by atoms with Crippen LogP contribution in [0, 0.1) is 17.6 Å². The van der Waals surface area contributed by atoms with Crippen LogP contribution in [0.4, 0.5) is 8.78 Å². The van der Waals surface area contributed by atoms with E-state index in [-0.39, 0.29) is 24.4 Å². The van der Waals surface area contributed by atoms with Gasteiger partial charge in [0.05, 0.1) is 23.1 Å². The molecule has 0 unspecified atom stereocenters. The monoisotopic (exact) mass is 720 g/mol. The number of rotatable bonds is 19. The second kappa shape index (κ2) is 19.8. The third-order valence-electron chi connectivity index (χ3n) is 9.32. The van der Waals surface area contributed by atoms with Gasteiger partial charge in [0.15, 0.2) is 9.84 Å². The van der Waals surface area contributed by atoms with Crippen molar-refractivity contribution in [3.05, 3.63) is 70.8 Å². The van der Waals surface area contributed by atoms with Crippen molar-refractivity contribution >= 4 is 27.6 Å². The highest BCUT2D eigenvalue weighted by Crippen LogP contribution is 2.20. The summed E-state index contributed by atoms with van der Waals surface area (Å²) in [5, 5.41) is 19.2. The van der Waals surface area contributed by atoms with Gasteiger partial charge in [-0.15, -0.1) is 0 Å². The van der Waals surface area contributed by atoms with Gasteiger partial charge >= 0.3 is 0 Å². The number of amides is 3. The molecule has 50 heavy (non-hydrogen) atoms. The summed E-state index contributed by atoms with van der Waals surface area (Å²) in [7, 11) is -3.87. The number of sulfone groups is 1. The van der Waals surface area contributed by atoms with E-state index in [0.29, 0.717) is 58.2 Å². The van der Waals surface area contributed by atoms with Gasteiger partial charge in [0.25, 0.3) is 0 Å². The number of benzene rings is 2. The summed E-state index contributed by atoms with van der Waals surface area (Å²) >= 11 is 0. The fraction of sp³-hybridized carbons (Fsp3) is 0.595. The van der Waals surface area contributed by atoms with Crippen LogP contribution in [0.25, 0.3) is 0 Å². The highest BCUT2D eigenvalue weighted by atomic mass is 32.2. The van der Waals surface area contributed by atoms with Crippen LogP contribution >= 0.6 is 0 Å². The van der Waals surface area contributed by atoms with Crippen molar-refractivity contribution in [2.75, 3.05) is 25.4 Å². The molecule has 3 rings (SSSR count). The zero-order chi connectivity index (χ0) is 36.8. The molecule has 0 bridgehead atoms. The Kier molecular flexibility index (Phi) is 16.3. The van der Waals surface area contributed by atoms with Gasteiger partial charge in [-0.25, -0.2) is 17.2 Å². The Bertz CT molecular complexity index is 1510. The van der Waals surface area contributed by atoms with E-state index in [1.165, 1.54) is 6.92 Å². The summed E-state index contributed by atoms with van der Waals surface area (Å²) in [6.07, 6.45) is 2.21. The maximum atomic E-state index is 14.2. The first-order valence-corrected chi connectivity index (χ1v) is 19.5. The van der Waals surface area contributed by atoms with Gasteiger partial charge in [0.2, 0.25) is 17.7 Å². The van der Waals surface area contributed by atoms with Crippen LogP contribution in [0.3, 0.4) is 0 Å². The van der Waals surface area contributed by atoms with Crippen molar-refractivity contribution < 1.29 is 36.7 Å². The molecule has 2 aromatic carbocycles. The molecular weight excluding hydrogens is 666 g/mol. The van der Waals surface area contributed by atoms with E-state index in [9.17, 15) is 36.7 Å². The molecule has 0 aromatic heterocycles. The number of nitrogens with one attached hydrogen (secondary N) is 3.